The van der Waals surface area contributed by atoms with E-state index in [0.717, 1.165) is 0 Å². The van der Waals surface area contributed by atoms with Gasteiger partial charge < -0.3 is 20.1 Å². The Morgan fingerprint density at radius 3 is 2.72 bits per heavy atom. The minimum atomic E-state index is -0.398. The van der Waals surface area contributed by atoms with Gasteiger partial charge in [-0.15, -0.1) is 5.10 Å². The van der Waals surface area contributed by atoms with Crippen molar-refractivity contribution in [1.29, 1.82) is 0 Å². The van der Waals surface area contributed by atoms with E-state index >= 15 is 0 Å². The van der Waals surface area contributed by atoms with Gasteiger partial charge in [-0.3, -0.25) is 14.0 Å². The van der Waals surface area contributed by atoms with Crippen molar-refractivity contribution >= 4 is 28.6 Å². The molecule has 0 saturated carbocycles. The lowest BCUT2D eigenvalue weighted by molar-refractivity contribution is -0.111. The average Bonchev–Trinajstić information content (AvgIpc) is 3.39. The monoisotopic (exact) mass is 435 g/mol. The quantitative estimate of drug-likeness (QED) is 0.427. The molecule has 0 saturated heterocycles. The average molecular weight is 435 g/mol. The molecule has 11 nitrogen and oxygen atoms in total. The fraction of sp³-hybridized carbons (Fsp3) is 0.143. The molecule has 0 aliphatic carbocycles. The topological polar surface area (TPSA) is 117 Å². The fourth-order valence-electron chi connectivity index (χ4n) is 3.25. The normalized spacial score (nSPS) is 10.7. The van der Waals surface area contributed by atoms with Crippen LogP contribution in [0.2, 0.25) is 0 Å². The number of anilines is 3. The Balaban J connectivity index is 1.89. The fourth-order valence-corrected chi connectivity index (χ4v) is 3.25. The summed E-state index contributed by atoms with van der Waals surface area (Å²) in [7, 11) is 4.75. The van der Waals surface area contributed by atoms with Crippen LogP contribution in [0.25, 0.3) is 11.3 Å². The first-order valence-corrected chi connectivity index (χ1v) is 9.50. The van der Waals surface area contributed by atoms with Crippen molar-refractivity contribution in [3.63, 3.8) is 0 Å². The van der Waals surface area contributed by atoms with Crippen molar-refractivity contribution in [3.05, 3.63) is 66.0 Å². The molecular formula is C21H21N7O4. The summed E-state index contributed by atoms with van der Waals surface area (Å²) in [6.07, 6.45) is 6.00. The second-order valence-corrected chi connectivity index (χ2v) is 6.75. The van der Waals surface area contributed by atoms with Gasteiger partial charge in [0.2, 0.25) is 11.8 Å². The van der Waals surface area contributed by atoms with E-state index in [9.17, 15) is 9.59 Å². The number of ether oxygens (including phenoxy) is 2. The van der Waals surface area contributed by atoms with Gasteiger partial charge >= 0.3 is 5.69 Å². The lowest BCUT2D eigenvalue weighted by Crippen LogP contribution is -2.26. The molecule has 0 radical (unpaired) electrons. The highest BCUT2D eigenvalue weighted by Crippen LogP contribution is 2.29. The molecule has 32 heavy (non-hydrogen) atoms. The summed E-state index contributed by atoms with van der Waals surface area (Å²) in [5, 5.41) is 10.2. The number of carbonyl (C=O) groups is 1. The molecule has 3 heterocycles. The maximum absolute atomic E-state index is 13.3. The van der Waals surface area contributed by atoms with E-state index in [4.69, 9.17) is 9.47 Å². The van der Waals surface area contributed by atoms with Crippen molar-refractivity contribution in [3.8, 4) is 17.4 Å². The zero-order valence-corrected chi connectivity index (χ0v) is 17.7. The lowest BCUT2D eigenvalue weighted by Gasteiger charge is -2.13. The van der Waals surface area contributed by atoms with E-state index in [2.05, 4.69) is 27.3 Å². The first-order valence-electron chi connectivity index (χ1n) is 9.50. The van der Waals surface area contributed by atoms with Crippen molar-refractivity contribution in [2.75, 3.05) is 24.9 Å². The zero-order valence-electron chi connectivity index (χ0n) is 17.7. The molecule has 0 aliphatic rings. The van der Waals surface area contributed by atoms with E-state index in [0.29, 0.717) is 34.3 Å². The van der Waals surface area contributed by atoms with Gasteiger partial charge in [-0.25, -0.2) is 14.2 Å². The van der Waals surface area contributed by atoms with Crippen molar-refractivity contribution < 1.29 is 14.3 Å². The molecule has 0 spiro atoms. The maximum atomic E-state index is 13.3. The largest absolute Gasteiger partial charge is 0.481 e. The number of imidazole rings is 1. The molecule has 0 bridgehead atoms. The second kappa shape index (κ2) is 8.30. The summed E-state index contributed by atoms with van der Waals surface area (Å²) >= 11 is 0. The molecule has 11 heteroatoms. The van der Waals surface area contributed by atoms with Gasteiger partial charge in [-0.05, 0) is 24.3 Å². The number of hydrogen-bond donors (Lipinski definition) is 2. The predicted octanol–water partition coefficient (Wildman–Crippen LogP) is 2.10. The van der Waals surface area contributed by atoms with E-state index < -0.39 is 5.69 Å². The van der Waals surface area contributed by atoms with Crippen molar-refractivity contribution in [2.45, 2.75) is 0 Å². The maximum Gasteiger partial charge on any atom is 0.341 e. The summed E-state index contributed by atoms with van der Waals surface area (Å²) in [4.78, 5) is 29.3. The highest BCUT2D eigenvalue weighted by atomic mass is 16.5. The van der Waals surface area contributed by atoms with Crippen LogP contribution in [0.3, 0.4) is 0 Å². The molecular weight excluding hydrogens is 414 g/mol. The molecule has 3 aromatic heterocycles. The van der Waals surface area contributed by atoms with Crippen LogP contribution in [-0.4, -0.2) is 43.9 Å². The summed E-state index contributed by atoms with van der Waals surface area (Å²) in [5.74, 6) is 0.306. The molecule has 4 rings (SSSR count). The number of nitrogens with zero attached hydrogens (tertiary/aromatic N) is 5. The molecule has 164 valence electrons. The molecule has 0 aliphatic heterocycles. The summed E-state index contributed by atoms with van der Waals surface area (Å²) in [5.41, 5.74) is 2.11. The Labute approximate surface area is 182 Å². The number of aryl methyl sites for hydroxylation is 1. The van der Waals surface area contributed by atoms with Crippen molar-refractivity contribution in [2.24, 2.45) is 7.05 Å². The lowest BCUT2D eigenvalue weighted by atomic mass is 10.2. The third-order valence-corrected chi connectivity index (χ3v) is 4.67. The number of carbonyl (C=O) groups excluding carboxylic acids is 1. The third-order valence-electron chi connectivity index (χ3n) is 4.67. The first-order chi connectivity index (χ1) is 15.4. The summed E-state index contributed by atoms with van der Waals surface area (Å²) < 4.78 is 15.0. The third kappa shape index (κ3) is 3.67. The predicted molar refractivity (Wildman–Crippen MR) is 119 cm³/mol. The summed E-state index contributed by atoms with van der Waals surface area (Å²) in [6.45, 7) is 3.45. The number of benzene rings is 1. The minimum absolute atomic E-state index is 0.275. The second-order valence-electron chi connectivity index (χ2n) is 6.75. The van der Waals surface area contributed by atoms with Gasteiger partial charge in [0.25, 0.3) is 5.88 Å². The molecule has 4 aromatic rings. The van der Waals surface area contributed by atoms with Crippen LogP contribution >= 0.6 is 0 Å². The Kier molecular flexibility index (Phi) is 5.37. The van der Waals surface area contributed by atoms with E-state index in [1.807, 2.05) is 0 Å². The smallest absolute Gasteiger partial charge is 0.341 e. The van der Waals surface area contributed by atoms with Gasteiger partial charge in [-0.2, -0.15) is 0 Å². The minimum Gasteiger partial charge on any atom is -0.481 e. The number of amides is 1. The SMILES string of the molecule is C=CC(=O)Nc1cccc(-n2cc(Nc3cn(C)nc3OC)c3ncc(OC)n3c2=O)c1. The molecule has 2 N–H and O–H groups in total. The Morgan fingerprint density at radius 2 is 2.00 bits per heavy atom. The standard InChI is InChI=1S/C21H21N7O4/c1-5-17(29)23-13-7-6-8-14(9-13)27-12-15(24-16-11-26(2)25-20(16)32-4)19-22-10-18(31-3)28(19)21(27)30/h5-12,24H,1H2,2-4H3,(H,23,29). The number of methoxy groups -OCH3 is 2. The molecule has 1 amide bonds. The number of fused-ring (bicyclic) bond motifs is 1. The molecule has 0 atom stereocenters. The van der Waals surface area contributed by atoms with E-state index in [-0.39, 0.29) is 11.8 Å². The van der Waals surface area contributed by atoms with Gasteiger partial charge in [-0.1, -0.05) is 12.6 Å². The van der Waals surface area contributed by atoms with Crippen LogP contribution in [0.5, 0.6) is 11.8 Å². The summed E-state index contributed by atoms with van der Waals surface area (Å²) in [6, 6.07) is 6.86. The number of aromatic nitrogens is 5. The molecule has 1 aromatic carbocycles. The van der Waals surface area contributed by atoms with Crippen LogP contribution in [0.4, 0.5) is 17.1 Å². The van der Waals surface area contributed by atoms with Crippen LogP contribution in [-0.2, 0) is 11.8 Å². The zero-order chi connectivity index (χ0) is 22.8. The number of nitrogens with one attached hydrogen (secondary N) is 2. The number of rotatable bonds is 7. The van der Waals surface area contributed by atoms with E-state index in [1.165, 1.54) is 35.5 Å². The highest BCUT2D eigenvalue weighted by Gasteiger charge is 2.18. The first kappa shape index (κ1) is 20.7. The van der Waals surface area contributed by atoms with Crippen LogP contribution < -0.4 is 25.8 Å². The van der Waals surface area contributed by atoms with Gasteiger partial charge in [0.15, 0.2) is 5.65 Å². The molecule has 0 fully saturated rings. The van der Waals surface area contributed by atoms with Gasteiger partial charge in [0.05, 0.1) is 38.0 Å². The Morgan fingerprint density at radius 1 is 1.19 bits per heavy atom. The van der Waals surface area contributed by atoms with Gasteiger partial charge in [0, 0.05) is 18.9 Å². The van der Waals surface area contributed by atoms with Crippen LogP contribution in [0.15, 0.2) is 60.3 Å². The number of hydrogen-bond acceptors (Lipinski definition) is 7. The molecule has 0 unspecified atom stereocenters. The Bertz CT molecular complexity index is 1380. The van der Waals surface area contributed by atoms with Crippen LogP contribution in [0.1, 0.15) is 0 Å². The van der Waals surface area contributed by atoms with Crippen LogP contribution in [0, 0.1) is 0 Å². The van der Waals surface area contributed by atoms with E-state index in [1.54, 1.807) is 48.4 Å². The van der Waals surface area contributed by atoms with Crippen molar-refractivity contribution in [1.82, 2.24) is 23.7 Å². The highest BCUT2D eigenvalue weighted by molar-refractivity contribution is 5.99. The Hall–Kier alpha value is -4.54. The van der Waals surface area contributed by atoms with Gasteiger partial charge in [0.1, 0.15) is 5.69 Å².